The molecule has 3 aromatic rings. The number of aliphatic hydroxyl groups is 1. The van der Waals surface area contributed by atoms with E-state index < -0.39 is 17.4 Å². The number of halogens is 2. The number of aliphatic hydroxyl groups excluding tert-OH is 1. The molecular formula is C17H19Cl2N5O3. The monoisotopic (exact) mass is 411 g/mol. The van der Waals surface area contributed by atoms with Crippen molar-refractivity contribution in [3.63, 3.8) is 0 Å². The summed E-state index contributed by atoms with van der Waals surface area (Å²) in [5.74, 6) is 0.394. The molecule has 27 heavy (non-hydrogen) atoms. The zero-order chi connectivity index (χ0) is 19.9. The summed E-state index contributed by atoms with van der Waals surface area (Å²) in [5.41, 5.74) is 0.284. The van der Waals surface area contributed by atoms with Gasteiger partial charge in [-0.05, 0) is 24.6 Å². The molecule has 0 aliphatic carbocycles. The van der Waals surface area contributed by atoms with Crippen molar-refractivity contribution >= 4 is 40.3 Å². The number of hydrogen-bond acceptors (Lipinski definition) is 5. The predicted molar refractivity (Wildman–Crippen MR) is 106 cm³/mol. The SMILES string of the molecule is C[C@H](O)CNc1nc2c(c(=O)n(Cc3ccc(Cl)c(Cl)c3)c(=O)n2C)n1C. The van der Waals surface area contributed by atoms with Gasteiger partial charge in [0.15, 0.2) is 11.2 Å². The van der Waals surface area contributed by atoms with E-state index in [-0.39, 0.29) is 24.3 Å². The van der Waals surface area contributed by atoms with E-state index >= 15 is 0 Å². The fourth-order valence-electron chi connectivity index (χ4n) is 2.80. The first kappa shape index (κ1) is 19.5. The van der Waals surface area contributed by atoms with Gasteiger partial charge < -0.3 is 15.0 Å². The van der Waals surface area contributed by atoms with E-state index in [2.05, 4.69) is 10.3 Å². The fraction of sp³-hybridized carbons (Fsp3) is 0.353. The second kappa shape index (κ2) is 7.38. The summed E-state index contributed by atoms with van der Waals surface area (Å²) < 4.78 is 4.02. The van der Waals surface area contributed by atoms with Crippen LogP contribution in [0, 0.1) is 0 Å². The van der Waals surface area contributed by atoms with Crippen LogP contribution in [-0.2, 0) is 20.6 Å². The Hall–Kier alpha value is -2.29. The lowest BCUT2D eigenvalue weighted by Crippen LogP contribution is -2.39. The summed E-state index contributed by atoms with van der Waals surface area (Å²) in [5, 5.41) is 13.2. The van der Waals surface area contributed by atoms with Gasteiger partial charge in [0.2, 0.25) is 5.95 Å². The molecule has 0 spiro atoms. The van der Waals surface area contributed by atoms with E-state index in [0.29, 0.717) is 21.6 Å². The molecule has 2 aromatic heterocycles. The Kier molecular flexibility index (Phi) is 5.32. The van der Waals surface area contributed by atoms with Crippen LogP contribution in [0.15, 0.2) is 27.8 Å². The first-order chi connectivity index (χ1) is 12.7. The summed E-state index contributed by atoms with van der Waals surface area (Å²) in [6, 6.07) is 4.96. The average Bonchev–Trinajstić information content (AvgIpc) is 2.95. The Morgan fingerprint density at radius 1 is 1.19 bits per heavy atom. The highest BCUT2D eigenvalue weighted by molar-refractivity contribution is 6.42. The molecule has 0 saturated heterocycles. The molecule has 3 rings (SSSR count). The smallest absolute Gasteiger partial charge is 0.332 e. The van der Waals surface area contributed by atoms with Gasteiger partial charge in [0, 0.05) is 20.6 Å². The molecular weight excluding hydrogens is 393 g/mol. The van der Waals surface area contributed by atoms with Gasteiger partial charge in [-0.3, -0.25) is 13.9 Å². The molecule has 0 radical (unpaired) electrons. The molecule has 0 unspecified atom stereocenters. The number of imidazole rings is 1. The second-order valence-corrected chi connectivity index (χ2v) is 7.19. The third-order valence-corrected chi connectivity index (χ3v) is 4.98. The van der Waals surface area contributed by atoms with Crippen LogP contribution in [0.3, 0.4) is 0 Å². The summed E-state index contributed by atoms with van der Waals surface area (Å²) in [6.07, 6.45) is -0.583. The average molecular weight is 412 g/mol. The van der Waals surface area contributed by atoms with Gasteiger partial charge in [-0.15, -0.1) is 0 Å². The Bertz CT molecular complexity index is 1130. The fourth-order valence-corrected chi connectivity index (χ4v) is 3.12. The van der Waals surface area contributed by atoms with E-state index in [4.69, 9.17) is 23.2 Å². The molecule has 1 aromatic carbocycles. The first-order valence-corrected chi connectivity index (χ1v) is 8.98. The molecule has 0 aliphatic rings. The van der Waals surface area contributed by atoms with Crippen molar-refractivity contribution in [3.8, 4) is 0 Å². The quantitative estimate of drug-likeness (QED) is 0.664. The van der Waals surface area contributed by atoms with Crippen molar-refractivity contribution in [3.05, 3.63) is 54.6 Å². The Balaban J connectivity index is 2.14. The maximum absolute atomic E-state index is 13.0. The highest BCUT2D eigenvalue weighted by Gasteiger charge is 2.19. The summed E-state index contributed by atoms with van der Waals surface area (Å²) in [7, 11) is 3.23. The number of aromatic nitrogens is 4. The number of nitrogens with zero attached hydrogens (tertiary/aromatic N) is 4. The molecule has 0 bridgehead atoms. The Morgan fingerprint density at radius 2 is 1.89 bits per heavy atom. The minimum atomic E-state index is -0.583. The lowest BCUT2D eigenvalue weighted by molar-refractivity contribution is 0.208. The van der Waals surface area contributed by atoms with Crippen LogP contribution in [0.1, 0.15) is 12.5 Å². The van der Waals surface area contributed by atoms with E-state index in [1.54, 1.807) is 43.8 Å². The van der Waals surface area contributed by atoms with Gasteiger partial charge >= 0.3 is 5.69 Å². The standard InChI is InChI=1S/C17H19Cl2N5O3/c1-9(25)7-20-16-21-14-13(22(16)2)15(26)24(17(27)23(14)3)8-10-4-5-11(18)12(19)6-10/h4-6,9,25H,7-8H2,1-3H3,(H,20,21)/t9-/m0/s1. The molecule has 0 saturated carbocycles. The Labute approximate surface area is 164 Å². The van der Waals surface area contributed by atoms with E-state index in [9.17, 15) is 14.7 Å². The van der Waals surface area contributed by atoms with Crippen LogP contribution in [0.4, 0.5) is 5.95 Å². The number of fused-ring (bicyclic) bond motifs is 1. The zero-order valence-corrected chi connectivity index (χ0v) is 16.5. The molecule has 144 valence electrons. The van der Waals surface area contributed by atoms with Gasteiger partial charge in [0.1, 0.15) is 0 Å². The maximum Gasteiger partial charge on any atom is 0.332 e. The third-order valence-electron chi connectivity index (χ3n) is 4.24. The van der Waals surface area contributed by atoms with Crippen molar-refractivity contribution in [2.24, 2.45) is 14.1 Å². The summed E-state index contributed by atoms with van der Waals surface area (Å²) >= 11 is 12.0. The van der Waals surface area contributed by atoms with Crippen molar-refractivity contribution < 1.29 is 5.11 Å². The molecule has 2 N–H and O–H groups in total. The number of aryl methyl sites for hydroxylation is 2. The van der Waals surface area contributed by atoms with Crippen LogP contribution < -0.4 is 16.6 Å². The van der Waals surface area contributed by atoms with Crippen molar-refractivity contribution in [1.82, 2.24) is 18.7 Å². The number of anilines is 1. The summed E-state index contributed by atoms with van der Waals surface area (Å²) in [4.78, 5) is 30.0. The maximum atomic E-state index is 13.0. The number of rotatable bonds is 5. The minimum Gasteiger partial charge on any atom is -0.392 e. The highest BCUT2D eigenvalue weighted by Crippen LogP contribution is 2.22. The molecule has 0 amide bonds. The molecule has 0 aliphatic heterocycles. The predicted octanol–water partition coefficient (Wildman–Crippen LogP) is 1.58. The van der Waals surface area contributed by atoms with Crippen LogP contribution in [0.2, 0.25) is 10.0 Å². The second-order valence-electron chi connectivity index (χ2n) is 6.38. The molecule has 8 nitrogen and oxygen atoms in total. The topological polar surface area (TPSA) is 94.1 Å². The van der Waals surface area contributed by atoms with Gasteiger partial charge in [-0.1, -0.05) is 29.3 Å². The Morgan fingerprint density at radius 3 is 2.52 bits per heavy atom. The molecule has 2 heterocycles. The zero-order valence-electron chi connectivity index (χ0n) is 15.0. The van der Waals surface area contributed by atoms with Gasteiger partial charge in [0.05, 0.1) is 22.7 Å². The van der Waals surface area contributed by atoms with Crippen LogP contribution in [-0.4, -0.2) is 36.4 Å². The molecule has 1 atom stereocenters. The molecule has 10 heteroatoms. The van der Waals surface area contributed by atoms with Gasteiger partial charge in [0.25, 0.3) is 5.56 Å². The summed E-state index contributed by atoms with van der Waals surface area (Å²) in [6.45, 7) is 1.96. The normalized spacial score (nSPS) is 12.5. The lowest BCUT2D eigenvalue weighted by atomic mass is 10.2. The molecule has 0 fully saturated rings. The first-order valence-electron chi connectivity index (χ1n) is 8.22. The van der Waals surface area contributed by atoms with Crippen LogP contribution >= 0.6 is 23.2 Å². The number of nitrogens with one attached hydrogen (secondary N) is 1. The highest BCUT2D eigenvalue weighted by atomic mass is 35.5. The third kappa shape index (κ3) is 3.60. The van der Waals surface area contributed by atoms with E-state index in [1.807, 2.05) is 0 Å². The largest absolute Gasteiger partial charge is 0.392 e. The minimum absolute atomic E-state index is 0.0555. The van der Waals surface area contributed by atoms with Gasteiger partial charge in [-0.25, -0.2) is 4.79 Å². The van der Waals surface area contributed by atoms with Crippen molar-refractivity contribution in [1.29, 1.82) is 0 Å². The van der Waals surface area contributed by atoms with Crippen molar-refractivity contribution in [2.45, 2.75) is 19.6 Å². The van der Waals surface area contributed by atoms with Gasteiger partial charge in [-0.2, -0.15) is 4.98 Å². The van der Waals surface area contributed by atoms with E-state index in [1.165, 1.54) is 4.57 Å². The van der Waals surface area contributed by atoms with Crippen LogP contribution in [0.25, 0.3) is 11.2 Å². The number of hydrogen-bond donors (Lipinski definition) is 2. The van der Waals surface area contributed by atoms with Crippen LogP contribution in [0.5, 0.6) is 0 Å². The van der Waals surface area contributed by atoms with Crippen molar-refractivity contribution in [2.75, 3.05) is 11.9 Å². The lowest BCUT2D eigenvalue weighted by Gasteiger charge is -2.10. The number of benzene rings is 1. The van der Waals surface area contributed by atoms with E-state index in [0.717, 1.165) is 4.57 Å².